The fraction of sp³-hybridized carbons (Fsp3) is 0.529. The zero-order valence-electron chi connectivity index (χ0n) is 14.6. The number of carbonyl (C=O) groups is 1. The summed E-state index contributed by atoms with van der Waals surface area (Å²) in [4.78, 5) is 18.2. The van der Waals surface area contributed by atoms with Gasteiger partial charge < -0.3 is 9.64 Å². The van der Waals surface area contributed by atoms with Gasteiger partial charge in [-0.3, -0.25) is 4.79 Å². The van der Waals surface area contributed by atoms with Gasteiger partial charge >= 0.3 is 0 Å². The Morgan fingerprint density at radius 2 is 2.16 bits per heavy atom. The molecule has 8 heteroatoms. The van der Waals surface area contributed by atoms with Gasteiger partial charge in [-0.15, -0.1) is 0 Å². The molecule has 2 fully saturated rings. The number of ether oxygens (including phenoxy) is 1. The number of nitrogens with zero attached hydrogens (tertiary/aromatic N) is 2. The Hall–Kier alpha value is -1.54. The first-order chi connectivity index (χ1) is 11.8. The summed E-state index contributed by atoms with van der Waals surface area (Å²) < 4.78 is 29.7. The predicted octanol–water partition coefficient (Wildman–Crippen LogP) is 2.41. The average Bonchev–Trinajstić information content (AvgIpc) is 2.98. The molecule has 2 atom stereocenters. The smallest absolute Gasteiger partial charge is 0.248 e. The Kier molecular flexibility index (Phi) is 5.11. The van der Waals surface area contributed by atoms with E-state index < -0.39 is 9.84 Å². The maximum atomic E-state index is 12.1. The number of anilines is 1. The van der Waals surface area contributed by atoms with Crippen molar-refractivity contribution in [3.63, 3.8) is 0 Å². The number of amidine groups is 1. The number of methoxy groups -OCH3 is 1. The van der Waals surface area contributed by atoms with Crippen LogP contribution in [-0.4, -0.2) is 49.4 Å². The summed E-state index contributed by atoms with van der Waals surface area (Å²) in [6.07, 6.45) is 1.12. The molecule has 2 aliphatic heterocycles. The number of rotatable bonds is 4. The number of hydrogen-bond donors (Lipinski definition) is 0. The Morgan fingerprint density at radius 1 is 1.40 bits per heavy atom. The molecule has 0 aromatic heterocycles. The molecule has 0 spiro atoms. The van der Waals surface area contributed by atoms with Crippen molar-refractivity contribution < 1.29 is 17.9 Å². The summed E-state index contributed by atoms with van der Waals surface area (Å²) >= 11 is 1.39. The lowest BCUT2D eigenvalue weighted by Gasteiger charge is -2.26. The summed E-state index contributed by atoms with van der Waals surface area (Å²) in [5, 5.41) is 0.468. The third kappa shape index (κ3) is 3.69. The second-order valence-corrected chi connectivity index (χ2v) is 9.74. The fourth-order valence-corrected chi connectivity index (χ4v) is 7.14. The van der Waals surface area contributed by atoms with E-state index in [1.54, 1.807) is 7.11 Å². The maximum Gasteiger partial charge on any atom is 0.248 e. The van der Waals surface area contributed by atoms with Gasteiger partial charge in [-0.25, -0.2) is 8.42 Å². The fourth-order valence-electron chi connectivity index (χ4n) is 3.21. The van der Waals surface area contributed by atoms with Crippen molar-refractivity contribution in [1.29, 1.82) is 0 Å². The van der Waals surface area contributed by atoms with Crippen LogP contribution >= 0.6 is 11.8 Å². The van der Waals surface area contributed by atoms with Gasteiger partial charge in [-0.05, 0) is 31.0 Å². The highest BCUT2D eigenvalue weighted by Crippen LogP contribution is 2.44. The minimum Gasteiger partial charge on any atom is -0.495 e. The summed E-state index contributed by atoms with van der Waals surface area (Å²) in [5.74, 6) is 0.660. The first-order valence-electron chi connectivity index (χ1n) is 8.27. The van der Waals surface area contributed by atoms with E-state index in [1.807, 2.05) is 36.9 Å². The van der Waals surface area contributed by atoms with Gasteiger partial charge in [0.1, 0.15) is 5.75 Å². The number of amides is 1. The van der Waals surface area contributed by atoms with Gasteiger partial charge in [0.05, 0.1) is 30.3 Å². The molecule has 1 amide bonds. The van der Waals surface area contributed by atoms with Crippen molar-refractivity contribution in [3.05, 3.63) is 23.8 Å². The second kappa shape index (κ2) is 6.99. The van der Waals surface area contributed by atoms with Crippen LogP contribution in [0.3, 0.4) is 0 Å². The largest absolute Gasteiger partial charge is 0.495 e. The van der Waals surface area contributed by atoms with Crippen LogP contribution in [0.15, 0.2) is 23.2 Å². The van der Waals surface area contributed by atoms with Crippen molar-refractivity contribution in [2.75, 3.05) is 23.5 Å². The van der Waals surface area contributed by atoms with E-state index in [-0.39, 0.29) is 28.7 Å². The van der Waals surface area contributed by atoms with Crippen LogP contribution in [0.1, 0.15) is 25.3 Å². The minimum atomic E-state index is -3.08. The third-order valence-electron chi connectivity index (χ3n) is 4.34. The molecule has 1 aromatic rings. The average molecular weight is 383 g/mol. The Balaban J connectivity index is 2.07. The van der Waals surface area contributed by atoms with E-state index in [0.29, 0.717) is 17.3 Å². The summed E-state index contributed by atoms with van der Waals surface area (Å²) in [7, 11) is -1.50. The van der Waals surface area contributed by atoms with E-state index in [2.05, 4.69) is 4.99 Å². The minimum absolute atomic E-state index is 0.0722. The van der Waals surface area contributed by atoms with Crippen LogP contribution in [-0.2, 0) is 14.6 Å². The number of thioether (sulfide) groups is 1. The number of aliphatic imine (C=N–C) groups is 1. The molecule has 0 N–H and O–H groups in total. The predicted molar refractivity (Wildman–Crippen MR) is 101 cm³/mol. The number of carbonyl (C=O) groups excluding carboxylic acids is 1. The highest BCUT2D eigenvalue weighted by atomic mass is 32.2. The lowest BCUT2D eigenvalue weighted by atomic mass is 10.1. The molecule has 0 aliphatic carbocycles. The Morgan fingerprint density at radius 3 is 2.84 bits per heavy atom. The van der Waals surface area contributed by atoms with Crippen molar-refractivity contribution in [1.82, 2.24) is 0 Å². The SMILES string of the molecule is CCCC(=O)N=C1SC2CS(=O)(=O)CC2N1c1cc(C)ccc1OC. The van der Waals surface area contributed by atoms with Crippen molar-refractivity contribution in [3.8, 4) is 5.75 Å². The Bertz CT molecular complexity index is 820. The van der Waals surface area contributed by atoms with Crippen molar-refractivity contribution in [2.45, 2.75) is 38.0 Å². The second-order valence-electron chi connectivity index (χ2n) is 6.38. The molecule has 2 unspecified atom stereocenters. The van der Waals surface area contributed by atoms with E-state index >= 15 is 0 Å². The molecular weight excluding hydrogens is 360 g/mol. The Labute approximate surface area is 152 Å². The summed E-state index contributed by atoms with van der Waals surface area (Å²) in [6, 6.07) is 5.52. The van der Waals surface area contributed by atoms with Crippen molar-refractivity contribution in [2.24, 2.45) is 4.99 Å². The van der Waals surface area contributed by atoms with E-state index in [1.165, 1.54) is 11.8 Å². The summed E-state index contributed by atoms with van der Waals surface area (Å²) in [5.41, 5.74) is 1.80. The molecular formula is C17H22N2O4S2. The van der Waals surface area contributed by atoms with Gasteiger partial charge in [0.2, 0.25) is 5.91 Å². The zero-order chi connectivity index (χ0) is 18.2. The molecule has 2 aliphatic rings. The quantitative estimate of drug-likeness (QED) is 0.796. The van der Waals surface area contributed by atoms with Crippen LogP contribution in [0.4, 0.5) is 5.69 Å². The number of hydrogen-bond acceptors (Lipinski definition) is 5. The number of sulfone groups is 1. The normalized spacial score (nSPS) is 26.0. The topological polar surface area (TPSA) is 76.0 Å². The molecule has 6 nitrogen and oxygen atoms in total. The lowest BCUT2D eigenvalue weighted by Crippen LogP contribution is -2.38. The molecule has 2 heterocycles. The van der Waals surface area contributed by atoms with E-state index in [9.17, 15) is 13.2 Å². The van der Waals surface area contributed by atoms with E-state index in [0.717, 1.165) is 17.7 Å². The monoisotopic (exact) mass is 382 g/mol. The van der Waals surface area contributed by atoms with Gasteiger partial charge in [-0.2, -0.15) is 4.99 Å². The molecule has 0 radical (unpaired) electrons. The van der Waals surface area contributed by atoms with Gasteiger partial charge in [0, 0.05) is 11.7 Å². The number of aryl methyl sites for hydroxylation is 1. The van der Waals surface area contributed by atoms with Crippen LogP contribution in [0, 0.1) is 6.92 Å². The van der Waals surface area contributed by atoms with E-state index in [4.69, 9.17) is 4.74 Å². The molecule has 0 bridgehead atoms. The van der Waals surface area contributed by atoms with Crippen molar-refractivity contribution >= 4 is 38.4 Å². The van der Waals surface area contributed by atoms with Crippen LogP contribution in [0.2, 0.25) is 0 Å². The lowest BCUT2D eigenvalue weighted by molar-refractivity contribution is -0.117. The standard InChI is InChI=1S/C17H22N2O4S2/c1-4-5-16(20)18-17-19(12-8-11(2)6-7-14(12)23-3)13-9-25(21,22)10-15(13)24-17/h6-8,13,15H,4-5,9-10H2,1-3H3. The maximum absolute atomic E-state index is 12.1. The van der Waals surface area contributed by atoms with Gasteiger partial charge in [0.15, 0.2) is 15.0 Å². The summed E-state index contributed by atoms with van der Waals surface area (Å²) in [6.45, 7) is 3.90. The van der Waals surface area contributed by atoms with Gasteiger partial charge in [-0.1, -0.05) is 24.8 Å². The highest BCUT2D eigenvalue weighted by molar-refractivity contribution is 8.16. The number of benzene rings is 1. The molecule has 1 aromatic carbocycles. The first kappa shape index (κ1) is 18.3. The third-order valence-corrected chi connectivity index (χ3v) is 7.55. The molecule has 3 rings (SSSR count). The molecule has 0 saturated carbocycles. The molecule has 136 valence electrons. The molecule has 2 saturated heterocycles. The van der Waals surface area contributed by atoms with Gasteiger partial charge in [0.25, 0.3) is 0 Å². The van der Waals surface area contributed by atoms with Crippen LogP contribution in [0.5, 0.6) is 5.75 Å². The number of fused-ring (bicyclic) bond motifs is 1. The zero-order valence-corrected chi connectivity index (χ0v) is 16.2. The van der Waals surface area contributed by atoms with Crippen LogP contribution < -0.4 is 9.64 Å². The first-order valence-corrected chi connectivity index (χ1v) is 11.0. The highest BCUT2D eigenvalue weighted by Gasteiger charge is 2.50. The molecule has 25 heavy (non-hydrogen) atoms. The van der Waals surface area contributed by atoms with Crippen LogP contribution in [0.25, 0.3) is 0 Å².